The van der Waals surface area contributed by atoms with Crippen LogP contribution in [0.25, 0.3) is 0 Å². The second-order valence-corrected chi connectivity index (χ2v) is 3.59. The Labute approximate surface area is 85.6 Å². The summed E-state index contributed by atoms with van der Waals surface area (Å²) in [6.07, 6.45) is 6.76. The van der Waals surface area contributed by atoms with Gasteiger partial charge in [-0.1, -0.05) is 30.4 Å². The number of amides is 1. The molecular weight excluding hydrogens is 174 g/mol. The fourth-order valence-electron chi connectivity index (χ4n) is 1.61. The van der Waals surface area contributed by atoms with E-state index in [-0.39, 0.29) is 5.91 Å². The minimum absolute atomic E-state index is 0.163. The number of hydrogen-bond acceptors (Lipinski definition) is 1. The molecular formula is C12H17NO. The molecule has 0 aromatic carbocycles. The van der Waals surface area contributed by atoms with E-state index in [1.807, 2.05) is 11.0 Å². The Morgan fingerprint density at radius 2 is 2.29 bits per heavy atom. The lowest BCUT2D eigenvalue weighted by Crippen LogP contribution is -2.34. The SMILES string of the molecule is C=C/C=C\C1=C(C)CN(C(C)=O)CC1. The molecule has 0 aliphatic carbocycles. The van der Waals surface area contributed by atoms with Crippen molar-refractivity contribution in [3.05, 3.63) is 36.0 Å². The van der Waals surface area contributed by atoms with Crippen molar-refractivity contribution < 1.29 is 4.79 Å². The van der Waals surface area contributed by atoms with Crippen LogP contribution in [0.2, 0.25) is 0 Å². The Morgan fingerprint density at radius 1 is 1.57 bits per heavy atom. The first-order valence-corrected chi connectivity index (χ1v) is 4.88. The lowest BCUT2D eigenvalue weighted by Gasteiger charge is -2.27. The summed E-state index contributed by atoms with van der Waals surface area (Å²) in [5.74, 6) is 0.163. The average molecular weight is 191 g/mol. The fourth-order valence-corrected chi connectivity index (χ4v) is 1.61. The molecule has 2 heteroatoms. The molecule has 0 bridgehead atoms. The Hall–Kier alpha value is -1.31. The van der Waals surface area contributed by atoms with E-state index in [4.69, 9.17) is 0 Å². The van der Waals surface area contributed by atoms with Gasteiger partial charge in [0.1, 0.15) is 0 Å². The van der Waals surface area contributed by atoms with Gasteiger partial charge in [0.2, 0.25) is 5.91 Å². The monoisotopic (exact) mass is 191 g/mol. The number of allylic oxidation sites excluding steroid dienone is 3. The zero-order valence-corrected chi connectivity index (χ0v) is 8.92. The highest BCUT2D eigenvalue weighted by atomic mass is 16.2. The molecule has 14 heavy (non-hydrogen) atoms. The third kappa shape index (κ3) is 2.59. The Balaban J connectivity index is 2.71. The maximum absolute atomic E-state index is 11.1. The molecule has 0 unspecified atom stereocenters. The van der Waals surface area contributed by atoms with Crippen molar-refractivity contribution in [1.29, 1.82) is 0 Å². The van der Waals surface area contributed by atoms with E-state index in [0.717, 1.165) is 19.5 Å². The maximum Gasteiger partial charge on any atom is 0.219 e. The Bertz CT molecular complexity index is 299. The van der Waals surface area contributed by atoms with Gasteiger partial charge in [-0.3, -0.25) is 4.79 Å². The summed E-state index contributed by atoms with van der Waals surface area (Å²) >= 11 is 0. The predicted molar refractivity (Wildman–Crippen MR) is 58.9 cm³/mol. The van der Waals surface area contributed by atoms with Crippen LogP contribution in [0.1, 0.15) is 20.3 Å². The molecule has 1 aliphatic rings. The minimum Gasteiger partial charge on any atom is -0.339 e. The summed E-state index contributed by atoms with van der Waals surface area (Å²) < 4.78 is 0. The topological polar surface area (TPSA) is 20.3 Å². The van der Waals surface area contributed by atoms with E-state index in [1.165, 1.54) is 11.1 Å². The molecule has 0 radical (unpaired) electrons. The van der Waals surface area contributed by atoms with Crippen LogP contribution in [-0.4, -0.2) is 23.9 Å². The minimum atomic E-state index is 0.163. The van der Waals surface area contributed by atoms with Crippen LogP contribution in [0.3, 0.4) is 0 Å². The lowest BCUT2D eigenvalue weighted by atomic mass is 10.0. The van der Waals surface area contributed by atoms with Crippen LogP contribution in [0.5, 0.6) is 0 Å². The molecule has 0 aromatic heterocycles. The third-order valence-corrected chi connectivity index (χ3v) is 2.51. The standard InChI is InChI=1S/C12H17NO/c1-4-5-6-12-7-8-13(11(3)14)9-10(12)2/h4-6H,1,7-9H2,2-3H3/b6-5-. The molecule has 0 saturated carbocycles. The molecule has 1 heterocycles. The largest absolute Gasteiger partial charge is 0.339 e. The van der Waals surface area contributed by atoms with Crippen LogP contribution >= 0.6 is 0 Å². The van der Waals surface area contributed by atoms with Crippen molar-refractivity contribution >= 4 is 5.91 Å². The molecule has 76 valence electrons. The summed E-state index contributed by atoms with van der Waals surface area (Å²) in [6.45, 7) is 8.95. The summed E-state index contributed by atoms with van der Waals surface area (Å²) in [4.78, 5) is 13.0. The van der Waals surface area contributed by atoms with Crippen molar-refractivity contribution in [3.63, 3.8) is 0 Å². The van der Waals surface area contributed by atoms with Gasteiger partial charge in [0.05, 0.1) is 0 Å². The Morgan fingerprint density at radius 3 is 2.79 bits per heavy atom. The summed E-state index contributed by atoms with van der Waals surface area (Å²) in [7, 11) is 0. The molecule has 1 aliphatic heterocycles. The number of rotatable bonds is 2. The van der Waals surface area contributed by atoms with E-state index in [9.17, 15) is 4.79 Å². The highest BCUT2D eigenvalue weighted by molar-refractivity contribution is 5.73. The van der Waals surface area contributed by atoms with Crippen molar-refractivity contribution in [3.8, 4) is 0 Å². The van der Waals surface area contributed by atoms with Crippen LogP contribution < -0.4 is 0 Å². The Kier molecular flexibility index (Phi) is 3.69. The smallest absolute Gasteiger partial charge is 0.219 e. The first kappa shape index (κ1) is 10.8. The van der Waals surface area contributed by atoms with E-state index >= 15 is 0 Å². The molecule has 0 saturated heterocycles. The van der Waals surface area contributed by atoms with Crippen molar-refractivity contribution in [2.45, 2.75) is 20.3 Å². The van der Waals surface area contributed by atoms with E-state index in [1.54, 1.807) is 13.0 Å². The van der Waals surface area contributed by atoms with Gasteiger partial charge in [-0.05, 0) is 18.9 Å². The molecule has 2 nitrogen and oxygen atoms in total. The van der Waals surface area contributed by atoms with Crippen LogP contribution in [0.15, 0.2) is 36.0 Å². The van der Waals surface area contributed by atoms with Gasteiger partial charge in [0.25, 0.3) is 0 Å². The molecule has 0 spiro atoms. The summed E-state index contributed by atoms with van der Waals surface area (Å²) in [5.41, 5.74) is 2.62. The predicted octanol–water partition coefficient (Wildman–Crippen LogP) is 2.30. The zero-order valence-electron chi connectivity index (χ0n) is 8.92. The first-order valence-electron chi connectivity index (χ1n) is 4.88. The first-order chi connectivity index (χ1) is 6.65. The fraction of sp³-hybridized carbons (Fsp3) is 0.417. The average Bonchev–Trinajstić information content (AvgIpc) is 2.15. The lowest BCUT2D eigenvalue weighted by molar-refractivity contribution is -0.128. The number of carbonyl (C=O) groups excluding carboxylic acids is 1. The maximum atomic E-state index is 11.1. The quantitative estimate of drug-likeness (QED) is 0.613. The second kappa shape index (κ2) is 4.80. The normalized spacial score (nSPS) is 17.7. The van der Waals surface area contributed by atoms with Gasteiger partial charge in [-0.2, -0.15) is 0 Å². The van der Waals surface area contributed by atoms with Crippen LogP contribution in [-0.2, 0) is 4.79 Å². The van der Waals surface area contributed by atoms with Gasteiger partial charge in [0.15, 0.2) is 0 Å². The van der Waals surface area contributed by atoms with Gasteiger partial charge in [-0.25, -0.2) is 0 Å². The number of hydrogen-bond donors (Lipinski definition) is 0. The molecule has 1 rings (SSSR count). The number of carbonyl (C=O) groups is 1. The molecule has 0 aromatic rings. The summed E-state index contributed by atoms with van der Waals surface area (Å²) in [5, 5.41) is 0. The van der Waals surface area contributed by atoms with Crippen molar-refractivity contribution in [2.75, 3.05) is 13.1 Å². The van der Waals surface area contributed by atoms with E-state index < -0.39 is 0 Å². The van der Waals surface area contributed by atoms with E-state index in [0.29, 0.717) is 0 Å². The highest BCUT2D eigenvalue weighted by Crippen LogP contribution is 2.18. The van der Waals surface area contributed by atoms with Crippen molar-refractivity contribution in [1.82, 2.24) is 4.90 Å². The van der Waals surface area contributed by atoms with Gasteiger partial charge in [0, 0.05) is 20.0 Å². The van der Waals surface area contributed by atoms with Gasteiger partial charge < -0.3 is 4.90 Å². The third-order valence-electron chi connectivity index (χ3n) is 2.51. The molecule has 0 atom stereocenters. The van der Waals surface area contributed by atoms with E-state index in [2.05, 4.69) is 19.6 Å². The zero-order chi connectivity index (χ0) is 10.6. The van der Waals surface area contributed by atoms with Gasteiger partial charge >= 0.3 is 0 Å². The molecule has 1 amide bonds. The molecule has 0 N–H and O–H groups in total. The van der Waals surface area contributed by atoms with Crippen LogP contribution in [0, 0.1) is 0 Å². The molecule has 0 fully saturated rings. The van der Waals surface area contributed by atoms with Gasteiger partial charge in [-0.15, -0.1) is 0 Å². The van der Waals surface area contributed by atoms with Crippen LogP contribution in [0.4, 0.5) is 0 Å². The number of nitrogens with zero attached hydrogens (tertiary/aromatic N) is 1. The van der Waals surface area contributed by atoms with Crippen molar-refractivity contribution in [2.24, 2.45) is 0 Å². The second-order valence-electron chi connectivity index (χ2n) is 3.59. The summed E-state index contributed by atoms with van der Waals surface area (Å²) in [6, 6.07) is 0. The highest BCUT2D eigenvalue weighted by Gasteiger charge is 2.15.